The van der Waals surface area contributed by atoms with E-state index >= 15 is 0 Å². The van der Waals surface area contributed by atoms with E-state index in [1.807, 2.05) is 0 Å². The van der Waals surface area contributed by atoms with Gasteiger partial charge in [0.15, 0.2) is 5.96 Å². The molecule has 0 amide bonds. The average molecular weight is 356 g/mol. The van der Waals surface area contributed by atoms with Crippen molar-refractivity contribution in [2.75, 3.05) is 6.54 Å². The van der Waals surface area contributed by atoms with Crippen LogP contribution in [-0.4, -0.2) is 24.6 Å². The molecule has 1 heterocycles. The van der Waals surface area contributed by atoms with Gasteiger partial charge in [0.05, 0.1) is 12.1 Å². The van der Waals surface area contributed by atoms with Gasteiger partial charge in [-0.25, -0.2) is 4.99 Å². The van der Waals surface area contributed by atoms with Crippen LogP contribution < -0.4 is 10.6 Å². The van der Waals surface area contributed by atoms with E-state index in [0.717, 1.165) is 12.5 Å². The predicted octanol–water partition coefficient (Wildman–Crippen LogP) is 4.10. The summed E-state index contributed by atoms with van der Waals surface area (Å²) < 4.78 is 0. The van der Waals surface area contributed by atoms with E-state index in [0.29, 0.717) is 18.0 Å². The van der Waals surface area contributed by atoms with Crippen LogP contribution in [0.3, 0.4) is 0 Å². The first-order valence-corrected chi connectivity index (χ1v) is 9.08. The minimum Gasteiger partial charge on any atom is -0.355 e. The second-order valence-electron chi connectivity index (χ2n) is 6.84. The molecular weight excluding hydrogens is 330 g/mol. The van der Waals surface area contributed by atoms with Crippen LogP contribution in [0, 0.1) is 0 Å². The number of nitrogens with one attached hydrogen (secondary N) is 2. The van der Waals surface area contributed by atoms with Crippen molar-refractivity contribution in [3.8, 4) is 0 Å². The maximum atomic E-state index is 4.86. The normalized spacial score (nSPS) is 21.7. The molecule has 1 aliphatic heterocycles. The first-order valence-electron chi connectivity index (χ1n) is 9.08. The molecule has 0 aromatic heterocycles. The minimum absolute atomic E-state index is 0. The van der Waals surface area contributed by atoms with Gasteiger partial charge < -0.3 is 10.6 Å². The second kappa shape index (κ2) is 8.39. The van der Waals surface area contributed by atoms with Crippen molar-refractivity contribution in [1.29, 1.82) is 0 Å². The fourth-order valence-electron chi connectivity index (χ4n) is 3.91. The number of benzene rings is 2. The summed E-state index contributed by atoms with van der Waals surface area (Å²) in [7, 11) is 0. The van der Waals surface area contributed by atoms with Gasteiger partial charge in [-0.1, -0.05) is 73.5 Å². The van der Waals surface area contributed by atoms with E-state index in [4.69, 9.17) is 4.99 Å². The molecule has 1 fully saturated rings. The predicted molar refractivity (Wildman–Crippen MR) is 107 cm³/mol. The lowest BCUT2D eigenvalue weighted by Crippen LogP contribution is -2.42. The third-order valence-electron chi connectivity index (χ3n) is 5.22. The molecule has 0 unspecified atom stereocenters. The lowest BCUT2D eigenvalue weighted by molar-refractivity contribution is 0.384. The van der Waals surface area contributed by atoms with Gasteiger partial charge in [-0.15, -0.1) is 12.4 Å². The van der Waals surface area contributed by atoms with Crippen molar-refractivity contribution < 1.29 is 0 Å². The summed E-state index contributed by atoms with van der Waals surface area (Å²) in [6.45, 7) is 0.860. The smallest absolute Gasteiger partial charge is 0.191 e. The standard InChI is InChI=1S/C21H25N3.ClH/c1-3-9-16(10-4-1)18(17-11-5-2-6-12-17)15-22-21-23-19-13-7-8-14-20(19)24-21;/h1-6,9-12,18-20H,7-8,13-15H2,(H2,22,23,24);1H/t19-,20-;/m1./s1. The van der Waals surface area contributed by atoms with E-state index in [1.54, 1.807) is 0 Å². The molecule has 0 radical (unpaired) electrons. The van der Waals surface area contributed by atoms with E-state index in [-0.39, 0.29) is 12.4 Å². The van der Waals surface area contributed by atoms with Gasteiger partial charge in [0.25, 0.3) is 0 Å². The van der Waals surface area contributed by atoms with Crippen molar-refractivity contribution in [2.24, 2.45) is 4.99 Å². The molecule has 1 saturated carbocycles. The van der Waals surface area contributed by atoms with Crippen LogP contribution in [0.15, 0.2) is 65.7 Å². The Balaban J connectivity index is 0.00000182. The molecule has 2 atom stereocenters. The van der Waals surface area contributed by atoms with Crippen LogP contribution in [0.25, 0.3) is 0 Å². The minimum atomic E-state index is 0. The largest absolute Gasteiger partial charge is 0.355 e. The van der Waals surface area contributed by atoms with Crippen LogP contribution in [0.5, 0.6) is 0 Å². The third kappa shape index (κ3) is 4.16. The van der Waals surface area contributed by atoms with Crippen molar-refractivity contribution >= 4 is 18.4 Å². The van der Waals surface area contributed by atoms with Gasteiger partial charge in [0.2, 0.25) is 0 Å². The van der Waals surface area contributed by atoms with Crippen molar-refractivity contribution in [1.82, 2.24) is 10.6 Å². The van der Waals surface area contributed by atoms with Crippen molar-refractivity contribution in [3.63, 3.8) is 0 Å². The fraction of sp³-hybridized carbons (Fsp3) is 0.381. The number of hydrogen-bond donors (Lipinski definition) is 2. The number of aliphatic imine (C=N–C) groups is 1. The highest BCUT2D eigenvalue weighted by Crippen LogP contribution is 2.26. The molecular formula is C21H26ClN3. The maximum Gasteiger partial charge on any atom is 0.191 e. The second-order valence-corrected chi connectivity index (χ2v) is 6.84. The third-order valence-corrected chi connectivity index (χ3v) is 5.22. The molecule has 2 aromatic carbocycles. The number of halogens is 1. The SMILES string of the molecule is Cl.c1ccc(C(CNC2=N[C@@H]3CCCC[C@H]3N2)c2ccccc2)cc1. The monoisotopic (exact) mass is 355 g/mol. The highest BCUT2D eigenvalue weighted by Gasteiger charge is 2.30. The van der Waals surface area contributed by atoms with Gasteiger partial charge in [-0.3, -0.25) is 0 Å². The summed E-state index contributed by atoms with van der Waals surface area (Å²) >= 11 is 0. The maximum absolute atomic E-state index is 4.86. The lowest BCUT2D eigenvalue weighted by atomic mass is 9.91. The molecule has 2 aromatic rings. The van der Waals surface area contributed by atoms with Gasteiger partial charge in [-0.2, -0.15) is 0 Å². The molecule has 4 rings (SSSR count). The summed E-state index contributed by atoms with van der Waals surface area (Å²) in [5.74, 6) is 1.32. The summed E-state index contributed by atoms with van der Waals surface area (Å²) in [6, 6.07) is 22.5. The van der Waals surface area contributed by atoms with Crippen molar-refractivity contribution in [2.45, 2.75) is 43.7 Å². The van der Waals surface area contributed by atoms with Gasteiger partial charge in [-0.05, 0) is 24.0 Å². The Bertz CT molecular complexity index is 647. The Labute approximate surface area is 156 Å². The first-order chi connectivity index (χ1) is 11.9. The summed E-state index contributed by atoms with van der Waals surface area (Å²) in [4.78, 5) is 4.86. The summed E-state index contributed by atoms with van der Waals surface area (Å²) in [5, 5.41) is 7.16. The first kappa shape index (κ1) is 17.8. The zero-order valence-corrected chi connectivity index (χ0v) is 15.2. The molecule has 3 nitrogen and oxygen atoms in total. The molecule has 4 heteroatoms. The van der Waals surface area contributed by atoms with E-state index in [9.17, 15) is 0 Å². The zero-order valence-electron chi connectivity index (χ0n) is 14.4. The van der Waals surface area contributed by atoms with Gasteiger partial charge in [0.1, 0.15) is 0 Å². The number of nitrogens with zero attached hydrogens (tertiary/aromatic N) is 1. The zero-order chi connectivity index (χ0) is 16.2. The van der Waals surface area contributed by atoms with E-state index in [1.165, 1.54) is 36.8 Å². The number of guanidine groups is 1. The average Bonchev–Trinajstić information content (AvgIpc) is 3.07. The highest BCUT2D eigenvalue weighted by atomic mass is 35.5. The van der Waals surface area contributed by atoms with Crippen molar-refractivity contribution in [3.05, 3.63) is 71.8 Å². The summed E-state index contributed by atoms with van der Waals surface area (Å²) in [6.07, 6.45) is 5.12. The van der Waals surface area contributed by atoms with E-state index < -0.39 is 0 Å². The molecule has 2 aliphatic rings. The number of fused-ring (bicyclic) bond motifs is 1. The van der Waals surface area contributed by atoms with Gasteiger partial charge >= 0.3 is 0 Å². The Morgan fingerprint density at radius 3 is 2.12 bits per heavy atom. The Morgan fingerprint density at radius 2 is 1.52 bits per heavy atom. The fourth-order valence-corrected chi connectivity index (χ4v) is 3.91. The Kier molecular flexibility index (Phi) is 5.98. The number of hydrogen-bond acceptors (Lipinski definition) is 3. The van der Waals surface area contributed by atoms with Gasteiger partial charge in [0, 0.05) is 12.5 Å². The molecule has 25 heavy (non-hydrogen) atoms. The molecule has 1 aliphatic carbocycles. The van der Waals surface area contributed by atoms with Crippen LogP contribution in [-0.2, 0) is 0 Å². The molecule has 0 bridgehead atoms. The van der Waals surface area contributed by atoms with E-state index in [2.05, 4.69) is 71.3 Å². The highest BCUT2D eigenvalue weighted by molar-refractivity contribution is 5.85. The van der Waals surface area contributed by atoms with Crippen LogP contribution in [0.4, 0.5) is 0 Å². The van der Waals surface area contributed by atoms with Crippen LogP contribution >= 0.6 is 12.4 Å². The molecule has 132 valence electrons. The van der Waals surface area contributed by atoms with Crippen LogP contribution in [0.2, 0.25) is 0 Å². The molecule has 2 N–H and O–H groups in total. The number of rotatable bonds is 4. The molecule has 0 spiro atoms. The van der Waals surface area contributed by atoms with Crippen LogP contribution in [0.1, 0.15) is 42.7 Å². The Morgan fingerprint density at radius 1 is 0.920 bits per heavy atom. The quantitative estimate of drug-likeness (QED) is 0.866. The lowest BCUT2D eigenvalue weighted by Gasteiger charge is -2.23. The molecule has 0 saturated heterocycles. The summed E-state index contributed by atoms with van der Waals surface area (Å²) in [5.41, 5.74) is 2.68. The topological polar surface area (TPSA) is 36.4 Å². The Hall–Kier alpha value is -2.00.